The SMILES string of the molecule is COC1=C2OC3(C=CSC=C3)OC2=C(C(C)=O)CC1. The Balaban J connectivity index is 2.09. The molecule has 0 aromatic heterocycles. The Morgan fingerprint density at radius 3 is 2.58 bits per heavy atom. The summed E-state index contributed by atoms with van der Waals surface area (Å²) in [6.07, 6.45) is 4.95. The van der Waals surface area contributed by atoms with Gasteiger partial charge in [0.25, 0.3) is 5.79 Å². The van der Waals surface area contributed by atoms with Crippen LogP contribution in [-0.2, 0) is 19.0 Å². The van der Waals surface area contributed by atoms with E-state index in [0.717, 1.165) is 5.76 Å². The monoisotopic (exact) mass is 278 g/mol. The van der Waals surface area contributed by atoms with Crippen molar-refractivity contribution in [1.82, 2.24) is 0 Å². The Bertz CT molecular complexity index is 542. The molecule has 1 fully saturated rings. The van der Waals surface area contributed by atoms with Crippen LogP contribution in [0, 0.1) is 0 Å². The van der Waals surface area contributed by atoms with Crippen LogP contribution < -0.4 is 0 Å². The van der Waals surface area contributed by atoms with Gasteiger partial charge in [-0.05, 0) is 24.2 Å². The van der Waals surface area contributed by atoms with E-state index in [1.807, 2.05) is 23.0 Å². The maximum absolute atomic E-state index is 11.7. The van der Waals surface area contributed by atoms with Crippen LogP contribution in [0.4, 0.5) is 0 Å². The molecule has 1 saturated heterocycles. The van der Waals surface area contributed by atoms with Crippen molar-refractivity contribution in [3.05, 3.63) is 45.8 Å². The number of ketones is 1. The third-order valence-electron chi connectivity index (χ3n) is 3.29. The number of hydrogen-bond donors (Lipinski definition) is 0. The maximum Gasteiger partial charge on any atom is 0.293 e. The number of thioether (sulfide) groups is 1. The van der Waals surface area contributed by atoms with Crippen molar-refractivity contribution in [3.63, 3.8) is 0 Å². The van der Waals surface area contributed by atoms with E-state index in [2.05, 4.69) is 0 Å². The molecule has 4 nitrogen and oxygen atoms in total. The number of rotatable bonds is 2. The summed E-state index contributed by atoms with van der Waals surface area (Å²) in [5.74, 6) is 0.903. The second kappa shape index (κ2) is 4.49. The number of allylic oxidation sites excluding steroid dienone is 2. The van der Waals surface area contributed by atoms with Crippen LogP contribution in [0.3, 0.4) is 0 Å². The van der Waals surface area contributed by atoms with E-state index < -0.39 is 5.79 Å². The molecule has 1 aliphatic carbocycles. The van der Waals surface area contributed by atoms with E-state index in [4.69, 9.17) is 14.2 Å². The highest BCUT2D eigenvalue weighted by Crippen LogP contribution is 2.45. The Hall–Kier alpha value is -1.62. The van der Waals surface area contributed by atoms with Crippen molar-refractivity contribution >= 4 is 17.5 Å². The Kier molecular flexibility index (Phi) is 2.93. The minimum absolute atomic E-state index is 0.0152. The summed E-state index contributed by atoms with van der Waals surface area (Å²) in [4.78, 5) is 11.7. The molecule has 0 aromatic carbocycles. The summed E-state index contributed by atoms with van der Waals surface area (Å²) in [5, 5.41) is 3.80. The fourth-order valence-electron chi connectivity index (χ4n) is 2.32. The van der Waals surface area contributed by atoms with Crippen molar-refractivity contribution < 1.29 is 19.0 Å². The molecule has 0 bridgehead atoms. The molecule has 0 amide bonds. The molecule has 1 spiro atoms. The third-order valence-corrected chi connectivity index (χ3v) is 3.87. The lowest BCUT2D eigenvalue weighted by Crippen LogP contribution is -2.24. The summed E-state index contributed by atoms with van der Waals surface area (Å²) in [7, 11) is 1.61. The number of hydrogen-bond acceptors (Lipinski definition) is 5. The molecule has 0 atom stereocenters. The predicted octanol–water partition coefficient (Wildman–Crippen LogP) is 3.00. The summed E-state index contributed by atoms with van der Waals surface area (Å²) in [5.41, 5.74) is 0.674. The molecule has 0 radical (unpaired) electrons. The Labute approximate surface area is 115 Å². The van der Waals surface area contributed by atoms with E-state index in [-0.39, 0.29) is 5.78 Å². The molecular weight excluding hydrogens is 264 g/mol. The summed E-state index contributed by atoms with van der Waals surface area (Å²) in [6, 6.07) is 0. The maximum atomic E-state index is 11.7. The Morgan fingerprint density at radius 2 is 1.95 bits per heavy atom. The number of ether oxygens (including phenoxy) is 3. The lowest BCUT2D eigenvalue weighted by atomic mass is 9.98. The number of methoxy groups -OCH3 is 1. The predicted molar refractivity (Wildman–Crippen MR) is 71.7 cm³/mol. The van der Waals surface area contributed by atoms with Crippen molar-refractivity contribution in [2.45, 2.75) is 25.6 Å². The van der Waals surface area contributed by atoms with Crippen LogP contribution in [-0.4, -0.2) is 18.7 Å². The fraction of sp³-hybridized carbons (Fsp3) is 0.357. The first-order valence-corrected chi connectivity index (χ1v) is 7.00. The first-order valence-electron chi connectivity index (χ1n) is 6.06. The largest absolute Gasteiger partial charge is 0.497 e. The van der Waals surface area contributed by atoms with Crippen LogP contribution in [0.25, 0.3) is 0 Å². The lowest BCUT2D eigenvalue weighted by molar-refractivity contribution is -0.114. The molecule has 2 heterocycles. The first kappa shape index (κ1) is 12.4. The van der Waals surface area contributed by atoms with E-state index in [1.54, 1.807) is 25.8 Å². The van der Waals surface area contributed by atoms with Crippen molar-refractivity contribution in [2.24, 2.45) is 0 Å². The quantitative estimate of drug-likeness (QED) is 0.777. The molecule has 5 heteroatoms. The van der Waals surface area contributed by atoms with Crippen LogP contribution in [0.2, 0.25) is 0 Å². The number of carbonyl (C=O) groups excluding carboxylic acids is 1. The Morgan fingerprint density at radius 1 is 1.26 bits per heavy atom. The van der Waals surface area contributed by atoms with Crippen molar-refractivity contribution in [1.29, 1.82) is 0 Å². The van der Waals surface area contributed by atoms with Gasteiger partial charge >= 0.3 is 0 Å². The molecular formula is C14H14O4S. The lowest BCUT2D eigenvalue weighted by Gasteiger charge is -2.20. The summed E-state index contributed by atoms with van der Waals surface area (Å²) < 4.78 is 17.2. The average molecular weight is 278 g/mol. The van der Waals surface area contributed by atoms with Gasteiger partial charge in [-0.15, -0.1) is 11.8 Å². The van der Waals surface area contributed by atoms with Crippen LogP contribution in [0.15, 0.2) is 45.8 Å². The smallest absolute Gasteiger partial charge is 0.293 e. The molecule has 0 N–H and O–H groups in total. The van der Waals surface area contributed by atoms with Gasteiger partial charge in [-0.1, -0.05) is 0 Å². The van der Waals surface area contributed by atoms with Crippen molar-refractivity contribution in [3.8, 4) is 0 Å². The van der Waals surface area contributed by atoms with E-state index >= 15 is 0 Å². The van der Waals surface area contributed by atoms with Gasteiger partial charge in [-0.2, -0.15) is 0 Å². The number of fused-ring (bicyclic) bond motifs is 1. The summed E-state index contributed by atoms with van der Waals surface area (Å²) in [6.45, 7) is 1.55. The van der Waals surface area contributed by atoms with Crippen LogP contribution >= 0.6 is 11.8 Å². The number of carbonyl (C=O) groups is 1. The average Bonchev–Trinajstić information content (AvgIpc) is 2.76. The van der Waals surface area contributed by atoms with Gasteiger partial charge in [-0.3, -0.25) is 4.79 Å². The third kappa shape index (κ3) is 1.98. The fourth-order valence-corrected chi connectivity index (χ4v) is 2.94. The van der Waals surface area contributed by atoms with Gasteiger partial charge in [0, 0.05) is 24.1 Å². The van der Waals surface area contributed by atoms with Gasteiger partial charge < -0.3 is 14.2 Å². The molecule has 100 valence electrons. The molecule has 0 aromatic rings. The van der Waals surface area contributed by atoms with Gasteiger partial charge in [0.1, 0.15) is 5.76 Å². The van der Waals surface area contributed by atoms with E-state index in [0.29, 0.717) is 29.9 Å². The first-order chi connectivity index (χ1) is 9.15. The second-order valence-corrected chi connectivity index (χ2v) is 5.30. The van der Waals surface area contributed by atoms with Crippen molar-refractivity contribution in [2.75, 3.05) is 7.11 Å². The highest BCUT2D eigenvalue weighted by molar-refractivity contribution is 8.04. The molecule has 3 rings (SSSR count). The van der Waals surface area contributed by atoms with E-state index in [1.165, 1.54) is 0 Å². The normalized spacial score (nSPS) is 23.3. The minimum Gasteiger partial charge on any atom is -0.497 e. The second-order valence-electron chi connectivity index (χ2n) is 4.49. The van der Waals surface area contributed by atoms with E-state index in [9.17, 15) is 4.79 Å². The zero-order chi connectivity index (χ0) is 13.5. The van der Waals surface area contributed by atoms with Gasteiger partial charge in [0.15, 0.2) is 11.5 Å². The van der Waals surface area contributed by atoms with Gasteiger partial charge in [0.2, 0.25) is 5.76 Å². The highest BCUT2D eigenvalue weighted by atomic mass is 32.2. The molecule has 0 saturated carbocycles. The highest BCUT2D eigenvalue weighted by Gasteiger charge is 2.45. The molecule has 19 heavy (non-hydrogen) atoms. The standard InChI is InChI=1S/C14H14O4S/c1-9(15)10-3-4-11(16-2)13-12(10)17-14(18-13)5-7-19-8-6-14/h5-8H,3-4H2,1-2H3. The van der Waals surface area contributed by atoms with Crippen LogP contribution in [0.1, 0.15) is 19.8 Å². The zero-order valence-electron chi connectivity index (χ0n) is 10.8. The minimum atomic E-state index is -0.926. The van der Waals surface area contributed by atoms with Gasteiger partial charge in [0.05, 0.1) is 7.11 Å². The molecule has 3 aliphatic rings. The number of Topliss-reactive ketones (excluding diaryl/α,β-unsaturated/α-hetero) is 1. The molecule has 2 aliphatic heterocycles. The van der Waals surface area contributed by atoms with Crippen LogP contribution in [0.5, 0.6) is 0 Å². The topological polar surface area (TPSA) is 44.8 Å². The molecule has 0 unspecified atom stereocenters. The zero-order valence-corrected chi connectivity index (χ0v) is 11.6. The van der Waals surface area contributed by atoms with Gasteiger partial charge in [-0.25, -0.2) is 0 Å². The summed E-state index contributed by atoms with van der Waals surface area (Å²) >= 11 is 1.55.